The van der Waals surface area contributed by atoms with E-state index in [-0.39, 0.29) is 11.8 Å². The number of halogens is 3. The highest BCUT2D eigenvalue weighted by molar-refractivity contribution is 7.98. The number of rotatable bonds is 8. The number of alkyl halides is 2. The molecule has 0 N–H and O–H groups in total. The molecule has 3 rings (SSSR count). The number of aryl methyl sites for hydroxylation is 1. The second kappa shape index (κ2) is 9.90. The number of hydrogen-bond donors (Lipinski definition) is 0. The molecule has 0 saturated heterocycles. The average molecular weight is 453 g/mol. The Morgan fingerprint density at radius 2 is 1.97 bits per heavy atom. The van der Waals surface area contributed by atoms with Gasteiger partial charge in [0.15, 0.2) is 0 Å². The van der Waals surface area contributed by atoms with Crippen molar-refractivity contribution < 1.29 is 18.3 Å². The van der Waals surface area contributed by atoms with E-state index in [0.29, 0.717) is 22.1 Å². The zero-order valence-electron chi connectivity index (χ0n) is 16.5. The third kappa shape index (κ3) is 5.09. The fraction of sp³-hybridized carbons (Fsp3) is 0.250. The van der Waals surface area contributed by atoms with Crippen molar-refractivity contribution in [3.63, 3.8) is 0 Å². The molecule has 6 nitrogen and oxygen atoms in total. The number of ether oxygens (including phenoxy) is 2. The first kappa shape index (κ1) is 22.0. The molecule has 0 bridgehead atoms. The molecule has 1 heterocycles. The Balaban J connectivity index is 1.84. The Kier molecular flexibility index (Phi) is 7.28. The van der Waals surface area contributed by atoms with E-state index in [9.17, 15) is 8.78 Å². The molecule has 0 spiro atoms. The van der Waals surface area contributed by atoms with E-state index in [1.807, 2.05) is 19.1 Å². The zero-order valence-corrected chi connectivity index (χ0v) is 18.0. The van der Waals surface area contributed by atoms with Gasteiger partial charge in [-0.3, -0.25) is 0 Å². The molecular formula is C20H19ClF2N4O2S. The van der Waals surface area contributed by atoms with Crippen molar-refractivity contribution in [2.45, 2.75) is 25.1 Å². The van der Waals surface area contributed by atoms with E-state index in [0.717, 1.165) is 15.8 Å². The van der Waals surface area contributed by atoms with Gasteiger partial charge in [-0.25, -0.2) is 8.78 Å². The fourth-order valence-electron chi connectivity index (χ4n) is 2.64. The highest BCUT2D eigenvalue weighted by atomic mass is 35.5. The van der Waals surface area contributed by atoms with Crippen LogP contribution in [0.2, 0.25) is 5.02 Å². The third-order valence-corrected chi connectivity index (χ3v) is 5.03. The van der Waals surface area contributed by atoms with Crippen LogP contribution in [0.4, 0.5) is 8.78 Å². The van der Waals surface area contributed by atoms with E-state index in [4.69, 9.17) is 21.1 Å². The Morgan fingerprint density at radius 1 is 1.20 bits per heavy atom. The summed E-state index contributed by atoms with van der Waals surface area (Å²) in [5.41, 5.74) is 2.45. The lowest BCUT2D eigenvalue weighted by Gasteiger charge is -2.12. The molecule has 1 aromatic heterocycles. The topological polar surface area (TPSA) is 61.5 Å². The maximum atomic E-state index is 13.1. The van der Waals surface area contributed by atoms with Gasteiger partial charge in [-0.05, 0) is 54.6 Å². The van der Waals surface area contributed by atoms with Gasteiger partial charge in [0, 0.05) is 5.56 Å². The van der Waals surface area contributed by atoms with E-state index < -0.39 is 12.2 Å². The lowest BCUT2D eigenvalue weighted by Crippen LogP contribution is -2.02. The Morgan fingerprint density at radius 3 is 2.63 bits per heavy atom. The summed E-state index contributed by atoms with van der Waals surface area (Å²) in [4.78, 5) is 0. The monoisotopic (exact) mass is 452 g/mol. The molecular weight excluding hydrogens is 434 g/mol. The normalized spacial score (nSPS) is 11.4. The van der Waals surface area contributed by atoms with Gasteiger partial charge in [0.2, 0.25) is 11.0 Å². The molecule has 0 aliphatic rings. The van der Waals surface area contributed by atoms with E-state index >= 15 is 0 Å². The van der Waals surface area contributed by atoms with Crippen LogP contribution in [-0.2, 0) is 6.61 Å². The Bertz CT molecular complexity index is 1060. The minimum Gasteiger partial charge on any atom is -0.496 e. The number of thioether (sulfide) groups is 1. The molecule has 0 atom stereocenters. The van der Waals surface area contributed by atoms with Crippen LogP contribution in [0.15, 0.2) is 46.7 Å². The summed E-state index contributed by atoms with van der Waals surface area (Å²) in [5.74, 6) is 0.665. The van der Waals surface area contributed by atoms with Crippen LogP contribution in [0.5, 0.6) is 11.5 Å². The van der Waals surface area contributed by atoms with Crippen LogP contribution >= 0.6 is 23.4 Å². The number of methoxy groups -OCH3 is 1. The van der Waals surface area contributed by atoms with Crippen molar-refractivity contribution in [2.24, 2.45) is 5.10 Å². The van der Waals surface area contributed by atoms with Gasteiger partial charge in [0.25, 0.3) is 6.43 Å². The number of aromatic nitrogens is 3. The van der Waals surface area contributed by atoms with Gasteiger partial charge in [0.05, 0.1) is 18.3 Å². The van der Waals surface area contributed by atoms with Crippen molar-refractivity contribution in [3.8, 4) is 11.5 Å². The molecule has 0 aliphatic heterocycles. The predicted octanol–water partition coefficient (Wildman–Crippen LogP) is 5.37. The van der Waals surface area contributed by atoms with Crippen LogP contribution in [0.25, 0.3) is 0 Å². The van der Waals surface area contributed by atoms with Crippen LogP contribution < -0.4 is 9.47 Å². The van der Waals surface area contributed by atoms with E-state index in [2.05, 4.69) is 15.3 Å². The van der Waals surface area contributed by atoms with Gasteiger partial charge in [-0.1, -0.05) is 29.4 Å². The first-order valence-electron chi connectivity index (χ1n) is 8.80. The van der Waals surface area contributed by atoms with Gasteiger partial charge >= 0.3 is 0 Å². The van der Waals surface area contributed by atoms with Gasteiger partial charge in [-0.15, -0.1) is 10.2 Å². The van der Waals surface area contributed by atoms with Crippen LogP contribution in [0.1, 0.15) is 28.9 Å². The molecule has 0 saturated carbocycles. The second-order valence-electron chi connectivity index (χ2n) is 6.20. The summed E-state index contributed by atoms with van der Waals surface area (Å²) >= 11 is 7.40. The highest BCUT2D eigenvalue weighted by Gasteiger charge is 2.19. The summed E-state index contributed by atoms with van der Waals surface area (Å²) in [5, 5.41) is 12.1. The maximum Gasteiger partial charge on any atom is 0.299 e. The van der Waals surface area contributed by atoms with E-state index in [1.54, 1.807) is 37.6 Å². The smallest absolute Gasteiger partial charge is 0.299 e. The standard InChI is InChI=1S/C20H19ClF2N4O2S/c1-12-4-6-17(15(21)8-12)29-11-14-9-13(5-7-16(14)28-2)10-24-27-19(18(22)23)25-26-20(27)30-3/h4-10,18H,11H2,1-3H3/b24-10+. The molecule has 30 heavy (non-hydrogen) atoms. The number of nitrogens with zero attached hydrogens (tertiary/aromatic N) is 4. The van der Waals surface area contributed by atoms with Gasteiger partial charge in [-0.2, -0.15) is 9.78 Å². The Hall–Kier alpha value is -2.65. The summed E-state index contributed by atoms with van der Waals surface area (Å²) < 4.78 is 38.5. The number of hydrogen-bond acceptors (Lipinski definition) is 6. The quantitative estimate of drug-likeness (QED) is 0.339. The first-order chi connectivity index (χ1) is 14.4. The number of benzene rings is 2. The van der Waals surface area contributed by atoms with Crippen LogP contribution in [0, 0.1) is 6.92 Å². The molecule has 0 fully saturated rings. The molecule has 0 unspecified atom stereocenters. The maximum absolute atomic E-state index is 13.1. The predicted molar refractivity (Wildman–Crippen MR) is 113 cm³/mol. The molecule has 10 heteroatoms. The minimum atomic E-state index is -2.78. The van der Waals surface area contributed by atoms with Crippen LogP contribution in [0.3, 0.4) is 0 Å². The highest BCUT2D eigenvalue weighted by Crippen LogP contribution is 2.28. The lowest BCUT2D eigenvalue weighted by molar-refractivity contribution is 0.135. The van der Waals surface area contributed by atoms with Gasteiger partial charge < -0.3 is 9.47 Å². The molecule has 2 aromatic carbocycles. The SMILES string of the molecule is COc1ccc(/C=N/n2c(SC)nnc2C(F)F)cc1COc1ccc(C)cc1Cl. The largest absolute Gasteiger partial charge is 0.496 e. The molecule has 158 valence electrons. The summed E-state index contributed by atoms with van der Waals surface area (Å²) in [7, 11) is 1.56. The van der Waals surface area contributed by atoms with E-state index in [1.165, 1.54) is 18.0 Å². The minimum absolute atomic E-state index is 0.207. The van der Waals surface area contributed by atoms with Crippen molar-refractivity contribution in [1.29, 1.82) is 0 Å². The summed E-state index contributed by atoms with van der Waals surface area (Å²) in [6.45, 7) is 2.15. The van der Waals surface area contributed by atoms with Crippen molar-refractivity contribution in [2.75, 3.05) is 13.4 Å². The summed E-state index contributed by atoms with van der Waals surface area (Å²) in [6.07, 6.45) is 0.385. The second-order valence-corrected chi connectivity index (χ2v) is 7.38. The van der Waals surface area contributed by atoms with Crippen molar-refractivity contribution >= 4 is 29.6 Å². The fourth-order valence-corrected chi connectivity index (χ4v) is 3.37. The van der Waals surface area contributed by atoms with Crippen molar-refractivity contribution in [1.82, 2.24) is 14.9 Å². The Labute approximate surface area is 181 Å². The van der Waals surface area contributed by atoms with Crippen molar-refractivity contribution in [3.05, 3.63) is 63.9 Å². The first-order valence-corrected chi connectivity index (χ1v) is 10.4. The molecule has 0 radical (unpaired) electrons. The summed E-state index contributed by atoms with van der Waals surface area (Å²) in [6, 6.07) is 10.8. The zero-order chi connectivity index (χ0) is 21.7. The molecule has 0 aliphatic carbocycles. The van der Waals surface area contributed by atoms with Gasteiger partial charge in [0.1, 0.15) is 18.1 Å². The van der Waals surface area contributed by atoms with Crippen LogP contribution in [-0.4, -0.2) is 34.5 Å². The third-order valence-electron chi connectivity index (χ3n) is 4.11. The lowest BCUT2D eigenvalue weighted by atomic mass is 10.1. The molecule has 3 aromatic rings. The molecule has 0 amide bonds. The average Bonchev–Trinajstić information content (AvgIpc) is 3.15.